The number of phenolic OH excluding ortho intramolecular Hbond substituents is 3. The van der Waals surface area contributed by atoms with E-state index >= 15 is 0 Å². The normalized spacial score (nSPS) is 15.3. The third kappa shape index (κ3) is 9.08. The van der Waals surface area contributed by atoms with E-state index in [-0.39, 0.29) is 47.9 Å². The van der Waals surface area contributed by atoms with E-state index in [1.807, 2.05) is 43.7 Å². The number of aromatic amines is 1. The summed E-state index contributed by atoms with van der Waals surface area (Å²) in [4.78, 5) is 17.3. The van der Waals surface area contributed by atoms with Gasteiger partial charge in [0.15, 0.2) is 23.0 Å². The predicted molar refractivity (Wildman–Crippen MR) is 180 cm³/mol. The second-order valence-electron chi connectivity index (χ2n) is 12.7. The predicted octanol–water partition coefficient (Wildman–Crippen LogP) is 5.93. The zero-order valence-electron chi connectivity index (χ0n) is 27.1. The highest BCUT2D eigenvalue weighted by atomic mass is 16.5. The summed E-state index contributed by atoms with van der Waals surface area (Å²) in [5.41, 5.74) is 4.17. The standard InChI is InChI=1S/C38H46N2O7/c1-39-22-27-15-28(20-30(41)16-27)32(17-25-8-9-33(42)37(18-25)46-2)36(45)21-35(44)29(14-26-11-12-40-23-26)13-24-7-10-34(43)38(19-24)47-31-5-3-4-6-31/h7-12,15-16,18-20,23,29,31-32,35,39-44H,3-6,13-14,17,21-22H2,1-2H3/t29-,32+,35+/m0/s1. The number of carbonyl (C=O) groups excluding carboxylic acids is 1. The highest BCUT2D eigenvalue weighted by molar-refractivity contribution is 5.86. The fourth-order valence-corrected chi connectivity index (χ4v) is 6.63. The van der Waals surface area contributed by atoms with Crippen LogP contribution in [-0.2, 0) is 30.6 Å². The highest BCUT2D eigenvalue weighted by Gasteiger charge is 2.29. The number of H-pyrrole nitrogens is 1. The van der Waals surface area contributed by atoms with Gasteiger partial charge in [0.1, 0.15) is 11.5 Å². The van der Waals surface area contributed by atoms with E-state index in [0.29, 0.717) is 36.4 Å². The monoisotopic (exact) mass is 642 g/mol. The lowest BCUT2D eigenvalue weighted by Gasteiger charge is -2.25. The fraction of sp³-hybridized carbons (Fsp3) is 0.395. The maximum Gasteiger partial charge on any atom is 0.161 e. The maximum atomic E-state index is 14.2. The number of aromatic hydroxyl groups is 3. The lowest BCUT2D eigenvalue weighted by atomic mass is 9.81. The van der Waals surface area contributed by atoms with Crippen molar-refractivity contribution in [3.8, 4) is 28.7 Å². The lowest BCUT2D eigenvalue weighted by molar-refractivity contribution is -0.123. The average Bonchev–Trinajstić information content (AvgIpc) is 3.76. The summed E-state index contributed by atoms with van der Waals surface area (Å²) in [6.07, 6.45) is 8.20. The van der Waals surface area contributed by atoms with Crippen molar-refractivity contribution >= 4 is 5.78 Å². The topological polar surface area (TPSA) is 144 Å². The molecule has 0 aliphatic heterocycles. The molecule has 1 fully saturated rings. The number of Topliss-reactive ketones (excluding diaryl/α,β-unsaturated/α-hetero) is 1. The molecule has 0 saturated heterocycles. The van der Waals surface area contributed by atoms with Gasteiger partial charge in [-0.3, -0.25) is 4.79 Å². The molecule has 1 aromatic heterocycles. The summed E-state index contributed by atoms with van der Waals surface area (Å²) < 4.78 is 11.4. The van der Waals surface area contributed by atoms with Crippen LogP contribution in [0.5, 0.6) is 28.7 Å². The van der Waals surface area contributed by atoms with Crippen LogP contribution < -0.4 is 14.8 Å². The molecule has 0 unspecified atom stereocenters. The molecule has 3 aromatic carbocycles. The first-order valence-corrected chi connectivity index (χ1v) is 16.4. The van der Waals surface area contributed by atoms with Crippen LogP contribution in [0.3, 0.4) is 0 Å². The van der Waals surface area contributed by atoms with Gasteiger partial charge in [-0.05, 0) is 128 Å². The Hall–Kier alpha value is -4.47. The van der Waals surface area contributed by atoms with Gasteiger partial charge in [-0.2, -0.15) is 0 Å². The van der Waals surface area contributed by atoms with Gasteiger partial charge in [0, 0.05) is 31.3 Å². The molecule has 0 amide bonds. The van der Waals surface area contributed by atoms with Crippen LogP contribution in [0.4, 0.5) is 0 Å². The molecule has 1 heterocycles. The number of ether oxygens (including phenoxy) is 2. The summed E-state index contributed by atoms with van der Waals surface area (Å²) >= 11 is 0. The molecule has 9 heteroatoms. The average molecular weight is 643 g/mol. The third-order valence-corrected chi connectivity index (χ3v) is 9.09. The second kappa shape index (κ2) is 15.9. The number of benzene rings is 3. The Morgan fingerprint density at radius 1 is 0.872 bits per heavy atom. The summed E-state index contributed by atoms with van der Waals surface area (Å²) in [5.74, 6) is -0.240. The first kappa shape index (κ1) is 33.9. The van der Waals surface area contributed by atoms with Gasteiger partial charge in [-0.25, -0.2) is 0 Å². The number of aliphatic hydroxyl groups excluding tert-OH is 1. The van der Waals surface area contributed by atoms with Crippen molar-refractivity contribution in [1.82, 2.24) is 10.3 Å². The van der Waals surface area contributed by atoms with Gasteiger partial charge in [0.25, 0.3) is 0 Å². The number of nitrogens with one attached hydrogen (secondary N) is 2. The number of ketones is 1. The van der Waals surface area contributed by atoms with Crippen molar-refractivity contribution < 1.29 is 34.7 Å². The maximum absolute atomic E-state index is 14.2. The molecule has 0 bridgehead atoms. The van der Waals surface area contributed by atoms with Crippen LogP contribution in [0.1, 0.15) is 65.8 Å². The molecule has 3 atom stereocenters. The summed E-state index contributed by atoms with van der Waals surface area (Å²) in [7, 11) is 3.29. The Balaban J connectivity index is 1.41. The van der Waals surface area contributed by atoms with Crippen molar-refractivity contribution in [3.63, 3.8) is 0 Å². The van der Waals surface area contributed by atoms with E-state index in [4.69, 9.17) is 9.47 Å². The van der Waals surface area contributed by atoms with E-state index in [9.17, 15) is 25.2 Å². The molecule has 47 heavy (non-hydrogen) atoms. The van der Waals surface area contributed by atoms with E-state index in [2.05, 4.69) is 10.3 Å². The summed E-state index contributed by atoms with van der Waals surface area (Å²) in [6, 6.07) is 17.4. The van der Waals surface area contributed by atoms with E-state index in [1.165, 1.54) is 13.2 Å². The second-order valence-corrected chi connectivity index (χ2v) is 12.7. The van der Waals surface area contributed by atoms with Crippen molar-refractivity contribution in [2.75, 3.05) is 14.2 Å². The van der Waals surface area contributed by atoms with E-state index in [1.54, 1.807) is 30.3 Å². The molecule has 1 aliphatic carbocycles. The Kier molecular flexibility index (Phi) is 11.5. The molecule has 4 aromatic rings. The third-order valence-electron chi connectivity index (χ3n) is 9.09. The molecule has 5 rings (SSSR count). The van der Waals surface area contributed by atoms with Gasteiger partial charge >= 0.3 is 0 Å². The highest BCUT2D eigenvalue weighted by Crippen LogP contribution is 2.35. The number of phenols is 3. The molecule has 1 saturated carbocycles. The SMILES string of the molecule is CNCc1cc(O)cc([C@@H](Cc2ccc(O)c(OC)c2)C(=O)C[C@@H](O)[C@H](Cc2cc[nH]c2)Cc2ccc(O)c(OC3CCCC3)c2)c1. The van der Waals surface area contributed by atoms with Crippen LogP contribution >= 0.6 is 0 Å². The minimum Gasteiger partial charge on any atom is -0.508 e. The number of rotatable bonds is 16. The molecule has 250 valence electrons. The van der Waals surface area contributed by atoms with Gasteiger partial charge < -0.3 is 40.2 Å². The van der Waals surface area contributed by atoms with Crippen molar-refractivity contribution in [2.45, 2.75) is 76.0 Å². The quantitative estimate of drug-likeness (QED) is 0.0883. The Morgan fingerprint density at radius 3 is 2.23 bits per heavy atom. The van der Waals surface area contributed by atoms with Crippen molar-refractivity contribution in [2.24, 2.45) is 5.92 Å². The van der Waals surface area contributed by atoms with Crippen LogP contribution in [0.25, 0.3) is 0 Å². The molecule has 0 spiro atoms. The zero-order valence-corrected chi connectivity index (χ0v) is 27.1. The number of hydrogen-bond acceptors (Lipinski definition) is 8. The number of methoxy groups -OCH3 is 1. The van der Waals surface area contributed by atoms with Gasteiger partial charge in [-0.1, -0.05) is 18.2 Å². The first-order chi connectivity index (χ1) is 22.7. The van der Waals surface area contributed by atoms with Crippen LogP contribution in [0.2, 0.25) is 0 Å². The zero-order chi connectivity index (χ0) is 33.3. The Morgan fingerprint density at radius 2 is 1.55 bits per heavy atom. The molecule has 9 nitrogen and oxygen atoms in total. The van der Waals surface area contributed by atoms with Crippen molar-refractivity contribution in [3.05, 3.63) is 101 Å². The molecular weight excluding hydrogens is 596 g/mol. The minimum atomic E-state index is -0.976. The first-order valence-electron chi connectivity index (χ1n) is 16.4. The van der Waals surface area contributed by atoms with Crippen LogP contribution in [0.15, 0.2) is 73.1 Å². The summed E-state index contributed by atoms with van der Waals surface area (Å²) in [6.45, 7) is 0.510. The molecular formula is C38H46N2O7. The van der Waals surface area contributed by atoms with Gasteiger partial charge in [-0.15, -0.1) is 0 Å². The van der Waals surface area contributed by atoms with Gasteiger partial charge in [0.05, 0.1) is 19.3 Å². The number of aromatic nitrogens is 1. The minimum absolute atomic E-state index is 0.00170. The molecule has 6 N–H and O–H groups in total. The van der Waals surface area contributed by atoms with E-state index < -0.39 is 12.0 Å². The lowest BCUT2D eigenvalue weighted by Crippen LogP contribution is -2.30. The Bertz CT molecular complexity index is 1610. The Labute approximate surface area is 276 Å². The van der Waals surface area contributed by atoms with Gasteiger partial charge in [0.2, 0.25) is 0 Å². The number of hydrogen-bond donors (Lipinski definition) is 6. The number of carbonyl (C=O) groups is 1. The fourth-order valence-electron chi connectivity index (χ4n) is 6.63. The largest absolute Gasteiger partial charge is 0.508 e. The van der Waals surface area contributed by atoms with E-state index in [0.717, 1.165) is 47.9 Å². The van der Waals surface area contributed by atoms with Crippen LogP contribution in [-0.4, -0.2) is 57.6 Å². The molecule has 0 radical (unpaired) electrons. The summed E-state index contributed by atoms with van der Waals surface area (Å²) in [5, 5.41) is 46.1. The van der Waals surface area contributed by atoms with Crippen LogP contribution in [0, 0.1) is 5.92 Å². The molecule has 1 aliphatic rings. The van der Waals surface area contributed by atoms with Crippen molar-refractivity contribution in [1.29, 1.82) is 0 Å². The smallest absolute Gasteiger partial charge is 0.161 e. The number of aliphatic hydroxyl groups is 1.